The summed E-state index contributed by atoms with van der Waals surface area (Å²) in [6.45, 7) is 4.93. The minimum Gasteiger partial charge on any atom is -0.404 e. The smallest absolute Gasteiger partial charge is 0.404 e. The van der Waals surface area contributed by atoms with Gasteiger partial charge in [-0.15, -0.1) is 13.2 Å². The number of imide groups is 1. The van der Waals surface area contributed by atoms with Crippen molar-refractivity contribution in [2.24, 2.45) is 0 Å². The number of carbonyl (C=O) groups is 3. The van der Waals surface area contributed by atoms with Gasteiger partial charge >= 0.3 is 12.4 Å². The van der Waals surface area contributed by atoms with Crippen LogP contribution < -0.4 is 20.3 Å². The number of nitrogens with zero attached hydrogens (tertiary/aromatic N) is 3. The fraction of sp³-hybridized carbons (Fsp3) is 0.462. The Morgan fingerprint density at radius 2 is 1.82 bits per heavy atom. The molecular formula is C26H30F3N5O4. The van der Waals surface area contributed by atoms with E-state index >= 15 is 0 Å². The second kappa shape index (κ2) is 10.6. The lowest BCUT2D eigenvalue weighted by molar-refractivity contribution is -0.274. The standard InChI is InChI=1S/C26H30F3N5O4/c1-16(31-18-6-4-5-7-18)22(35)32-20-14-19(8-9-21(20)38-26(27,28)29)34-23(36)25(2,3)33(24(34)37)15-17-10-12-30-13-11-17/h8-14,16,18,31H,4-7,15H2,1-3H3,(H,32,35). The molecule has 12 heteroatoms. The van der Waals surface area contributed by atoms with E-state index in [-0.39, 0.29) is 24.0 Å². The Labute approximate surface area is 218 Å². The molecule has 2 N–H and O–H groups in total. The highest BCUT2D eigenvalue weighted by Gasteiger charge is 2.52. The predicted octanol–water partition coefficient (Wildman–Crippen LogP) is 4.59. The molecule has 9 nitrogen and oxygen atoms in total. The van der Waals surface area contributed by atoms with Crippen molar-refractivity contribution in [2.75, 3.05) is 10.2 Å². The molecule has 38 heavy (non-hydrogen) atoms. The number of hydrogen-bond acceptors (Lipinski definition) is 6. The van der Waals surface area contributed by atoms with Crippen LogP contribution in [0.15, 0.2) is 42.7 Å². The van der Waals surface area contributed by atoms with Crippen molar-refractivity contribution in [1.82, 2.24) is 15.2 Å². The molecule has 2 aliphatic rings. The number of rotatable bonds is 8. The number of ether oxygens (including phenoxy) is 1. The van der Waals surface area contributed by atoms with Crippen molar-refractivity contribution < 1.29 is 32.3 Å². The van der Waals surface area contributed by atoms with Gasteiger partial charge in [-0.3, -0.25) is 14.6 Å². The first kappa shape index (κ1) is 27.4. The fourth-order valence-electron chi connectivity index (χ4n) is 4.73. The van der Waals surface area contributed by atoms with Crippen molar-refractivity contribution in [3.05, 3.63) is 48.3 Å². The Balaban J connectivity index is 1.62. The third kappa shape index (κ3) is 5.90. The van der Waals surface area contributed by atoms with Gasteiger partial charge in [-0.05, 0) is 69.5 Å². The van der Waals surface area contributed by atoms with Crippen molar-refractivity contribution in [3.63, 3.8) is 0 Å². The Morgan fingerprint density at radius 1 is 1.16 bits per heavy atom. The number of pyridine rings is 1. The zero-order valence-electron chi connectivity index (χ0n) is 21.3. The molecule has 1 atom stereocenters. The molecule has 1 aromatic carbocycles. The van der Waals surface area contributed by atoms with Gasteiger partial charge in [-0.25, -0.2) is 9.69 Å². The van der Waals surface area contributed by atoms with E-state index in [2.05, 4.69) is 20.4 Å². The van der Waals surface area contributed by atoms with E-state index < -0.39 is 41.5 Å². The van der Waals surface area contributed by atoms with Crippen molar-refractivity contribution in [1.29, 1.82) is 0 Å². The van der Waals surface area contributed by atoms with Gasteiger partial charge in [0.05, 0.1) is 17.4 Å². The van der Waals surface area contributed by atoms with Crippen molar-refractivity contribution in [3.8, 4) is 5.75 Å². The van der Waals surface area contributed by atoms with Gasteiger partial charge in [0.1, 0.15) is 5.54 Å². The molecule has 2 aromatic rings. The lowest BCUT2D eigenvalue weighted by Gasteiger charge is -2.27. The van der Waals surface area contributed by atoms with Crippen LogP contribution >= 0.6 is 0 Å². The average molecular weight is 534 g/mol. The molecule has 1 aliphatic heterocycles. The molecule has 1 aromatic heterocycles. The van der Waals surface area contributed by atoms with E-state index in [1.54, 1.807) is 45.3 Å². The second-order valence-corrected chi connectivity index (χ2v) is 10.0. The highest BCUT2D eigenvalue weighted by molar-refractivity contribution is 6.23. The van der Waals surface area contributed by atoms with Crippen molar-refractivity contribution in [2.45, 2.75) is 77.0 Å². The van der Waals surface area contributed by atoms with Gasteiger partial charge in [0.15, 0.2) is 5.75 Å². The number of alkyl halides is 3. The topological polar surface area (TPSA) is 104 Å². The Morgan fingerprint density at radius 3 is 2.45 bits per heavy atom. The molecular weight excluding hydrogens is 503 g/mol. The van der Waals surface area contributed by atoms with Crippen LogP contribution in [0, 0.1) is 0 Å². The third-order valence-corrected chi connectivity index (χ3v) is 6.85. The van der Waals surface area contributed by atoms with E-state index in [0.717, 1.165) is 48.3 Å². The molecule has 4 amide bonds. The summed E-state index contributed by atoms with van der Waals surface area (Å²) >= 11 is 0. The number of benzene rings is 1. The number of hydrogen-bond donors (Lipinski definition) is 2. The number of urea groups is 1. The van der Waals surface area contributed by atoms with E-state index in [9.17, 15) is 27.6 Å². The number of carbonyl (C=O) groups excluding carboxylic acids is 3. The predicted molar refractivity (Wildman–Crippen MR) is 133 cm³/mol. The molecule has 0 radical (unpaired) electrons. The Bertz CT molecular complexity index is 1200. The number of anilines is 2. The van der Waals surface area contributed by atoms with Crippen LogP contribution in [-0.4, -0.2) is 51.7 Å². The van der Waals surface area contributed by atoms with Crippen LogP contribution in [0.3, 0.4) is 0 Å². The summed E-state index contributed by atoms with van der Waals surface area (Å²) < 4.78 is 43.4. The maximum Gasteiger partial charge on any atom is 0.573 e. The van der Waals surface area contributed by atoms with Gasteiger partial charge in [0.25, 0.3) is 5.91 Å². The highest BCUT2D eigenvalue weighted by atomic mass is 19.4. The lowest BCUT2D eigenvalue weighted by atomic mass is 10.0. The minimum absolute atomic E-state index is 0.00605. The van der Waals surface area contributed by atoms with Gasteiger partial charge in [-0.2, -0.15) is 0 Å². The third-order valence-electron chi connectivity index (χ3n) is 6.85. The van der Waals surface area contributed by atoms with Crippen LogP contribution in [0.4, 0.5) is 29.3 Å². The summed E-state index contributed by atoms with van der Waals surface area (Å²) in [4.78, 5) is 45.8. The maximum absolute atomic E-state index is 13.4. The molecule has 1 saturated heterocycles. The first-order valence-corrected chi connectivity index (χ1v) is 12.4. The van der Waals surface area contributed by atoms with E-state index in [0.29, 0.717) is 0 Å². The zero-order valence-corrected chi connectivity index (χ0v) is 21.3. The molecule has 1 aliphatic carbocycles. The number of aromatic nitrogens is 1. The Kier molecular flexibility index (Phi) is 7.63. The molecule has 0 bridgehead atoms. The van der Waals surface area contributed by atoms with E-state index in [4.69, 9.17) is 0 Å². The van der Waals surface area contributed by atoms with Crippen LogP contribution in [0.2, 0.25) is 0 Å². The van der Waals surface area contributed by atoms with E-state index in [1.165, 1.54) is 11.0 Å². The van der Waals surface area contributed by atoms with Crippen molar-refractivity contribution >= 4 is 29.2 Å². The number of amides is 4. The summed E-state index contributed by atoms with van der Waals surface area (Å²) in [5.41, 5.74) is -0.783. The zero-order chi connectivity index (χ0) is 27.7. The SMILES string of the molecule is CC(NC1CCCC1)C(=O)Nc1cc(N2C(=O)N(Cc3ccncc3)C(C)(C)C2=O)ccc1OC(F)(F)F. The van der Waals surface area contributed by atoms with Crippen LogP contribution in [0.1, 0.15) is 52.0 Å². The fourth-order valence-corrected chi connectivity index (χ4v) is 4.73. The normalized spacial score (nSPS) is 18.7. The molecule has 2 heterocycles. The Hall–Kier alpha value is -3.67. The molecule has 1 saturated carbocycles. The summed E-state index contributed by atoms with van der Waals surface area (Å²) in [6, 6.07) is 5.55. The van der Waals surface area contributed by atoms with Crippen LogP contribution in [0.5, 0.6) is 5.75 Å². The van der Waals surface area contributed by atoms with Gasteiger partial charge in [0.2, 0.25) is 5.91 Å². The van der Waals surface area contributed by atoms with Gasteiger partial charge in [-0.1, -0.05) is 12.8 Å². The van der Waals surface area contributed by atoms with Crippen LogP contribution in [-0.2, 0) is 16.1 Å². The molecule has 1 unspecified atom stereocenters. The first-order valence-electron chi connectivity index (χ1n) is 12.4. The summed E-state index contributed by atoms with van der Waals surface area (Å²) in [6.07, 6.45) is 2.05. The van der Waals surface area contributed by atoms with Gasteiger partial charge < -0.3 is 20.3 Å². The minimum atomic E-state index is -5.02. The molecule has 2 fully saturated rings. The average Bonchev–Trinajstić information content (AvgIpc) is 3.41. The summed E-state index contributed by atoms with van der Waals surface area (Å²) in [7, 11) is 0. The monoisotopic (exact) mass is 533 g/mol. The largest absolute Gasteiger partial charge is 0.573 e. The first-order chi connectivity index (χ1) is 17.9. The summed E-state index contributed by atoms with van der Waals surface area (Å²) in [5.74, 6) is -1.79. The molecule has 4 rings (SSSR count). The van der Waals surface area contributed by atoms with E-state index in [1.807, 2.05) is 0 Å². The highest BCUT2D eigenvalue weighted by Crippen LogP contribution is 2.38. The van der Waals surface area contributed by atoms with Crippen LogP contribution in [0.25, 0.3) is 0 Å². The summed E-state index contributed by atoms with van der Waals surface area (Å²) in [5, 5.41) is 5.66. The maximum atomic E-state index is 13.4. The number of halogens is 3. The number of nitrogens with one attached hydrogen (secondary N) is 2. The second-order valence-electron chi connectivity index (χ2n) is 10.0. The molecule has 204 valence electrons. The molecule has 0 spiro atoms. The van der Waals surface area contributed by atoms with Gasteiger partial charge in [0, 0.05) is 25.0 Å². The lowest BCUT2D eigenvalue weighted by Crippen LogP contribution is -2.43. The quantitative estimate of drug-likeness (QED) is 0.482.